The van der Waals surface area contributed by atoms with Crippen LogP contribution in [-0.4, -0.2) is 21.9 Å². The summed E-state index contributed by atoms with van der Waals surface area (Å²) >= 11 is 0. The molecule has 6 nitrogen and oxygen atoms in total. The second-order valence-electron chi connectivity index (χ2n) is 4.35. The van der Waals surface area contributed by atoms with E-state index in [0.29, 0.717) is 22.2 Å². The van der Waals surface area contributed by atoms with Gasteiger partial charge < -0.3 is 19.5 Å². The van der Waals surface area contributed by atoms with E-state index < -0.39 is 19.3 Å². The molecule has 0 spiro atoms. The summed E-state index contributed by atoms with van der Waals surface area (Å²) < 4.78 is 16.3. The van der Waals surface area contributed by atoms with Gasteiger partial charge in [-0.15, -0.1) is 0 Å². The molecule has 0 bridgehead atoms. The molecule has 0 atom stereocenters. The largest absolute Gasteiger partial charge is 0.497 e. The SMILES string of the molecule is COc1cc(C)c2c(CP(=O)(O)O)cc(=O)[nH]c2c1. The molecule has 0 radical (unpaired) electrons. The summed E-state index contributed by atoms with van der Waals surface area (Å²) in [4.78, 5) is 32.4. The zero-order valence-corrected chi connectivity index (χ0v) is 11.4. The Morgan fingerprint density at radius 1 is 1.32 bits per heavy atom. The lowest BCUT2D eigenvalue weighted by molar-refractivity contribution is 0.372. The lowest BCUT2D eigenvalue weighted by Gasteiger charge is -2.11. The smallest absolute Gasteiger partial charge is 0.329 e. The molecule has 0 aliphatic carbocycles. The van der Waals surface area contributed by atoms with E-state index >= 15 is 0 Å². The van der Waals surface area contributed by atoms with Crippen molar-refractivity contribution >= 4 is 18.5 Å². The monoisotopic (exact) mass is 283 g/mol. The summed E-state index contributed by atoms with van der Waals surface area (Å²) in [5.41, 5.74) is 1.23. The summed E-state index contributed by atoms with van der Waals surface area (Å²) in [5, 5.41) is 0.642. The molecule has 2 aromatic rings. The van der Waals surface area contributed by atoms with Crippen molar-refractivity contribution in [2.24, 2.45) is 0 Å². The number of fused-ring (bicyclic) bond motifs is 1. The molecular formula is C12H14NO5P. The maximum Gasteiger partial charge on any atom is 0.329 e. The average Bonchev–Trinajstić information content (AvgIpc) is 2.24. The number of hydrogen-bond acceptors (Lipinski definition) is 3. The van der Waals surface area contributed by atoms with Crippen LogP contribution >= 0.6 is 7.60 Å². The number of nitrogens with one attached hydrogen (secondary N) is 1. The van der Waals surface area contributed by atoms with Crippen LogP contribution in [0.25, 0.3) is 10.9 Å². The molecule has 102 valence electrons. The van der Waals surface area contributed by atoms with Gasteiger partial charge in [0.15, 0.2) is 0 Å². The number of H-pyrrole nitrogens is 1. The Morgan fingerprint density at radius 3 is 2.58 bits per heavy atom. The zero-order valence-electron chi connectivity index (χ0n) is 10.5. The Bertz CT molecular complexity index is 731. The van der Waals surface area contributed by atoms with Gasteiger partial charge in [0.25, 0.3) is 0 Å². The molecule has 0 saturated carbocycles. The molecule has 0 amide bonds. The molecule has 0 saturated heterocycles. The molecule has 1 aromatic carbocycles. The minimum atomic E-state index is -4.23. The number of ether oxygens (including phenoxy) is 1. The number of benzene rings is 1. The van der Waals surface area contributed by atoms with Gasteiger partial charge in [-0.05, 0) is 24.1 Å². The highest BCUT2D eigenvalue weighted by Crippen LogP contribution is 2.41. The van der Waals surface area contributed by atoms with Gasteiger partial charge in [-0.25, -0.2) is 0 Å². The van der Waals surface area contributed by atoms with E-state index in [1.54, 1.807) is 19.1 Å². The average molecular weight is 283 g/mol. The Labute approximate surface area is 109 Å². The van der Waals surface area contributed by atoms with Crippen LogP contribution in [0.3, 0.4) is 0 Å². The Kier molecular flexibility index (Phi) is 3.49. The van der Waals surface area contributed by atoms with Gasteiger partial charge in [0.1, 0.15) is 5.75 Å². The molecule has 0 fully saturated rings. The van der Waals surface area contributed by atoms with Gasteiger partial charge >= 0.3 is 7.60 Å². The molecule has 0 aliphatic rings. The minimum Gasteiger partial charge on any atom is -0.497 e. The molecule has 0 unspecified atom stereocenters. The first-order valence-electron chi connectivity index (χ1n) is 5.55. The molecule has 1 heterocycles. The van der Waals surface area contributed by atoms with Crippen molar-refractivity contribution in [2.45, 2.75) is 13.1 Å². The first-order chi connectivity index (χ1) is 8.80. The van der Waals surface area contributed by atoms with E-state index in [-0.39, 0.29) is 0 Å². The molecule has 19 heavy (non-hydrogen) atoms. The van der Waals surface area contributed by atoms with Gasteiger partial charge in [0.2, 0.25) is 5.56 Å². The number of rotatable bonds is 3. The van der Waals surface area contributed by atoms with Crippen molar-refractivity contribution in [1.82, 2.24) is 4.98 Å². The van der Waals surface area contributed by atoms with E-state index in [2.05, 4.69) is 4.98 Å². The number of hydrogen-bond donors (Lipinski definition) is 3. The van der Waals surface area contributed by atoms with Gasteiger partial charge in [0.05, 0.1) is 18.8 Å². The lowest BCUT2D eigenvalue weighted by Crippen LogP contribution is -2.08. The summed E-state index contributed by atoms with van der Waals surface area (Å²) in [6.45, 7) is 1.80. The summed E-state index contributed by atoms with van der Waals surface area (Å²) in [6.07, 6.45) is -0.458. The van der Waals surface area contributed by atoms with Crippen LogP contribution in [-0.2, 0) is 10.7 Å². The van der Waals surface area contributed by atoms with E-state index in [1.165, 1.54) is 13.2 Å². The van der Waals surface area contributed by atoms with Crippen LogP contribution in [0.2, 0.25) is 0 Å². The van der Waals surface area contributed by atoms with E-state index in [1.807, 2.05) is 0 Å². The number of pyridine rings is 1. The molecule has 7 heteroatoms. The van der Waals surface area contributed by atoms with Gasteiger partial charge in [-0.3, -0.25) is 9.36 Å². The van der Waals surface area contributed by atoms with Gasteiger partial charge in [-0.1, -0.05) is 0 Å². The predicted molar refractivity (Wildman–Crippen MR) is 71.6 cm³/mol. The summed E-state index contributed by atoms with van der Waals surface area (Å²) in [6, 6.07) is 4.61. The van der Waals surface area contributed by atoms with Crippen molar-refractivity contribution in [2.75, 3.05) is 7.11 Å². The van der Waals surface area contributed by atoms with E-state index in [0.717, 1.165) is 5.56 Å². The summed E-state index contributed by atoms with van der Waals surface area (Å²) in [7, 11) is -2.72. The fraction of sp³-hybridized carbons (Fsp3) is 0.250. The second kappa shape index (κ2) is 4.81. The Balaban J connectivity index is 2.77. The molecule has 3 N–H and O–H groups in total. The Morgan fingerprint density at radius 2 is 2.00 bits per heavy atom. The topological polar surface area (TPSA) is 99.6 Å². The number of aryl methyl sites for hydroxylation is 1. The fourth-order valence-electron chi connectivity index (χ4n) is 2.14. The zero-order chi connectivity index (χ0) is 14.2. The van der Waals surface area contributed by atoms with Crippen LogP contribution in [0.5, 0.6) is 5.75 Å². The minimum absolute atomic E-state index is 0.340. The highest BCUT2D eigenvalue weighted by molar-refractivity contribution is 7.50. The van der Waals surface area contributed by atoms with Crippen molar-refractivity contribution in [3.8, 4) is 5.75 Å². The predicted octanol–water partition coefficient (Wildman–Crippen LogP) is 1.52. The normalized spacial score (nSPS) is 11.8. The number of methoxy groups -OCH3 is 1. The van der Waals surface area contributed by atoms with Crippen molar-refractivity contribution < 1.29 is 19.1 Å². The van der Waals surface area contributed by atoms with Crippen LogP contribution in [0.15, 0.2) is 23.0 Å². The quantitative estimate of drug-likeness (QED) is 0.742. The van der Waals surface area contributed by atoms with Crippen LogP contribution in [0.4, 0.5) is 0 Å². The maximum atomic E-state index is 11.6. The molecule has 1 aromatic heterocycles. The van der Waals surface area contributed by atoms with Crippen LogP contribution in [0, 0.1) is 6.92 Å². The van der Waals surface area contributed by atoms with Crippen molar-refractivity contribution in [1.29, 1.82) is 0 Å². The highest BCUT2D eigenvalue weighted by Gasteiger charge is 2.18. The number of aromatic nitrogens is 1. The van der Waals surface area contributed by atoms with Crippen molar-refractivity contribution in [3.05, 3.63) is 39.7 Å². The van der Waals surface area contributed by atoms with Crippen LogP contribution in [0.1, 0.15) is 11.1 Å². The van der Waals surface area contributed by atoms with Crippen molar-refractivity contribution in [3.63, 3.8) is 0 Å². The first-order valence-corrected chi connectivity index (χ1v) is 7.35. The second-order valence-corrected chi connectivity index (χ2v) is 5.99. The standard InChI is InChI=1S/C12H14NO5P/c1-7-3-9(18-2)5-10-12(7)8(4-11(14)13-10)6-19(15,16)17/h3-5H,6H2,1-2H3,(H,13,14)(H2,15,16,17). The number of aromatic amines is 1. The lowest BCUT2D eigenvalue weighted by atomic mass is 10.0. The molecule has 0 aliphatic heterocycles. The van der Waals surface area contributed by atoms with E-state index in [4.69, 9.17) is 14.5 Å². The fourth-order valence-corrected chi connectivity index (χ4v) is 2.84. The third-order valence-electron chi connectivity index (χ3n) is 2.81. The molecule has 2 rings (SSSR count). The first kappa shape index (κ1) is 13.8. The van der Waals surface area contributed by atoms with Crippen LogP contribution < -0.4 is 10.3 Å². The molecular weight excluding hydrogens is 269 g/mol. The third-order valence-corrected chi connectivity index (χ3v) is 3.56. The highest BCUT2D eigenvalue weighted by atomic mass is 31.2. The maximum absolute atomic E-state index is 11.6. The van der Waals surface area contributed by atoms with Gasteiger partial charge in [0, 0.05) is 17.5 Å². The Hall–Kier alpha value is -1.62. The van der Waals surface area contributed by atoms with Gasteiger partial charge in [-0.2, -0.15) is 0 Å². The third kappa shape index (κ3) is 3.04. The summed E-state index contributed by atoms with van der Waals surface area (Å²) in [5.74, 6) is 0.578. The van der Waals surface area contributed by atoms with E-state index in [9.17, 15) is 9.36 Å².